The van der Waals surface area contributed by atoms with Crippen LogP contribution < -0.4 is 0 Å². The highest BCUT2D eigenvalue weighted by atomic mass is 14.7. The van der Waals surface area contributed by atoms with Crippen molar-refractivity contribution in [3.8, 4) is 0 Å². The first-order valence-electron chi connectivity index (χ1n) is 11.1. The summed E-state index contributed by atoms with van der Waals surface area (Å²) in [6.07, 6.45) is 11.8. The molecule has 2 unspecified atom stereocenters. The maximum Gasteiger partial charge on any atom is 0.0493 e. The van der Waals surface area contributed by atoms with E-state index in [1.54, 1.807) is 6.20 Å². The number of benzene rings is 1. The molecule has 28 heavy (non-hydrogen) atoms. The van der Waals surface area contributed by atoms with Gasteiger partial charge in [-0.1, -0.05) is 71.4 Å². The molecule has 1 heterocycles. The third kappa shape index (κ3) is 5.95. The molecule has 2 atom stereocenters. The van der Waals surface area contributed by atoms with E-state index in [0.717, 1.165) is 25.7 Å². The number of aromatic nitrogens is 1. The fourth-order valence-corrected chi connectivity index (χ4v) is 3.93. The van der Waals surface area contributed by atoms with E-state index in [2.05, 4.69) is 80.8 Å². The summed E-state index contributed by atoms with van der Waals surface area (Å²) in [5.41, 5.74) is 6.66. The van der Waals surface area contributed by atoms with Crippen molar-refractivity contribution in [1.29, 1.82) is 0 Å². The Balaban J connectivity index is 2.22. The summed E-state index contributed by atoms with van der Waals surface area (Å²) < 4.78 is 0. The number of hydrogen-bond acceptors (Lipinski definition) is 1. The van der Waals surface area contributed by atoms with Gasteiger partial charge < -0.3 is 4.98 Å². The molecule has 2 heteroatoms. The van der Waals surface area contributed by atoms with Crippen LogP contribution in [0.3, 0.4) is 0 Å². The predicted octanol–water partition coefficient (Wildman–Crippen LogP) is 7.78. The van der Waals surface area contributed by atoms with E-state index in [9.17, 15) is 0 Å². The Hall–Kier alpha value is -2.09. The second-order valence-corrected chi connectivity index (χ2v) is 7.85. The quantitative estimate of drug-likeness (QED) is 0.365. The number of nitrogens with one attached hydrogen (secondary N) is 1. The SMILES string of the molecule is C=CN=C(CCC(CCCC)c1cccc(CC)c1)c1cc[nH]c1C(C)CC. The van der Waals surface area contributed by atoms with Crippen LogP contribution in [0.1, 0.15) is 100 Å². The van der Waals surface area contributed by atoms with Gasteiger partial charge in [0.2, 0.25) is 0 Å². The van der Waals surface area contributed by atoms with Gasteiger partial charge in [0.15, 0.2) is 0 Å². The lowest BCUT2D eigenvalue weighted by Crippen LogP contribution is -2.09. The first-order chi connectivity index (χ1) is 13.6. The maximum atomic E-state index is 4.68. The van der Waals surface area contributed by atoms with E-state index in [1.807, 2.05) is 0 Å². The minimum absolute atomic E-state index is 0.511. The molecule has 1 aromatic carbocycles. The van der Waals surface area contributed by atoms with E-state index >= 15 is 0 Å². The Morgan fingerprint density at radius 2 is 2.00 bits per heavy atom. The summed E-state index contributed by atoms with van der Waals surface area (Å²) in [6, 6.07) is 11.4. The zero-order chi connectivity index (χ0) is 20.4. The fraction of sp³-hybridized carbons (Fsp3) is 0.500. The number of H-pyrrole nitrogens is 1. The molecule has 0 radical (unpaired) electrons. The van der Waals surface area contributed by atoms with E-state index in [1.165, 1.54) is 47.4 Å². The normalized spacial score (nSPS) is 14.1. The molecule has 0 aliphatic carbocycles. The van der Waals surface area contributed by atoms with Crippen molar-refractivity contribution in [3.63, 3.8) is 0 Å². The van der Waals surface area contributed by atoms with Gasteiger partial charge in [-0.2, -0.15) is 0 Å². The van der Waals surface area contributed by atoms with Gasteiger partial charge in [0.25, 0.3) is 0 Å². The molecule has 0 amide bonds. The van der Waals surface area contributed by atoms with Crippen LogP contribution in [0.25, 0.3) is 0 Å². The molecule has 2 rings (SSSR count). The van der Waals surface area contributed by atoms with Crippen LogP contribution in [0, 0.1) is 0 Å². The fourth-order valence-electron chi connectivity index (χ4n) is 3.93. The number of aliphatic imine (C=N–C) groups is 1. The molecule has 0 aliphatic heterocycles. The predicted molar refractivity (Wildman–Crippen MR) is 124 cm³/mol. The van der Waals surface area contributed by atoms with Gasteiger partial charge >= 0.3 is 0 Å². The minimum Gasteiger partial charge on any atom is -0.364 e. The van der Waals surface area contributed by atoms with Crippen molar-refractivity contribution < 1.29 is 0 Å². The number of unbranched alkanes of at least 4 members (excludes halogenated alkanes) is 1. The molecule has 0 fully saturated rings. The van der Waals surface area contributed by atoms with Gasteiger partial charge in [0, 0.05) is 29.4 Å². The molecule has 2 aromatic rings. The Kier molecular flexibility index (Phi) is 9.27. The monoisotopic (exact) mass is 378 g/mol. The highest BCUT2D eigenvalue weighted by Crippen LogP contribution is 2.30. The molecule has 1 N–H and O–H groups in total. The highest BCUT2D eigenvalue weighted by Gasteiger charge is 2.18. The van der Waals surface area contributed by atoms with Gasteiger partial charge in [-0.15, -0.1) is 0 Å². The molecule has 152 valence electrons. The smallest absolute Gasteiger partial charge is 0.0493 e. The number of aryl methyl sites for hydroxylation is 1. The van der Waals surface area contributed by atoms with Crippen LogP contribution in [-0.4, -0.2) is 10.7 Å². The molecular weight excluding hydrogens is 340 g/mol. The average Bonchev–Trinajstić information content (AvgIpc) is 3.22. The first-order valence-corrected chi connectivity index (χ1v) is 11.1. The molecule has 0 aliphatic rings. The lowest BCUT2D eigenvalue weighted by Gasteiger charge is -2.19. The van der Waals surface area contributed by atoms with Crippen molar-refractivity contribution >= 4 is 5.71 Å². The van der Waals surface area contributed by atoms with Crippen molar-refractivity contribution in [2.75, 3.05) is 0 Å². The number of rotatable bonds is 12. The molecule has 2 nitrogen and oxygen atoms in total. The lowest BCUT2D eigenvalue weighted by molar-refractivity contribution is 0.557. The highest BCUT2D eigenvalue weighted by molar-refractivity contribution is 6.02. The lowest BCUT2D eigenvalue weighted by atomic mass is 9.86. The summed E-state index contributed by atoms with van der Waals surface area (Å²) in [5, 5.41) is 0. The molecule has 0 spiro atoms. The average molecular weight is 379 g/mol. The number of aromatic amines is 1. The zero-order valence-corrected chi connectivity index (χ0v) is 18.3. The van der Waals surface area contributed by atoms with E-state index in [-0.39, 0.29) is 0 Å². The summed E-state index contributed by atoms with van der Waals surface area (Å²) in [7, 11) is 0. The van der Waals surface area contributed by atoms with E-state index in [4.69, 9.17) is 0 Å². The van der Waals surface area contributed by atoms with Crippen molar-refractivity contribution in [2.24, 2.45) is 4.99 Å². The maximum absolute atomic E-state index is 4.68. The first kappa shape index (κ1) is 22.2. The van der Waals surface area contributed by atoms with Crippen molar-refractivity contribution in [2.45, 2.75) is 84.5 Å². The van der Waals surface area contributed by atoms with Gasteiger partial charge in [-0.25, -0.2) is 0 Å². The van der Waals surface area contributed by atoms with Crippen LogP contribution in [0.15, 0.2) is 54.3 Å². The van der Waals surface area contributed by atoms with Gasteiger partial charge in [0.05, 0.1) is 0 Å². The summed E-state index contributed by atoms with van der Waals surface area (Å²) in [5.74, 6) is 1.10. The van der Waals surface area contributed by atoms with Crippen LogP contribution in [0.2, 0.25) is 0 Å². The standard InChI is InChI=1S/C26H38N2/c1-6-10-13-22(23-14-11-12-21(8-3)19-23)15-16-25(27-9-4)24-17-18-28-26(24)20(5)7-2/h9,11-12,14,17-20,22,28H,4,6-8,10,13,15-16H2,1-3,5H3. The molecular formula is C26H38N2. The molecule has 0 saturated carbocycles. The van der Waals surface area contributed by atoms with Gasteiger partial charge in [-0.05, 0) is 61.1 Å². The van der Waals surface area contributed by atoms with Crippen LogP contribution in [0.4, 0.5) is 0 Å². The third-order valence-corrected chi connectivity index (χ3v) is 5.91. The second kappa shape index (κ2) is 11.7. The summed E-state index contributed by atoms with van der Waals surface area (Å²) in [4.78, 5) is 8.13. The Morgan fingerprint density at radius 3 is 2.68 bits per heavy atom. The second-order valence-electron chi connectivity index (χ2n) is 7.85. The molecule has 0 saturated heterocycles. The van der Waals surface area contributed by atoms with Crippen molar-refractivity contribution in [1.82, 2.24) is 4.98 Å². The van der Waals surface area contributed by atoms with Crippen LogP contribution in [0.5, 0.6) is 0 Å². The third-order valence-electron chi connectivity index (χ3n) is 5.91. The number of hydrogen-bond donors (Lipinski definition) is 1. The zero-order valence-electron chi connectivity index (χ0n) is 18.3. The van der Waals surface area contributed by atoms with Crippen LogP contribution in [-0.2, 0) is 6.42 Å². The van der Waals surface area contributed by atoms with E-state index in [0.29, 0.717) is 11.8 Å². The van der Waals surface area contributed by atoms with Crippen LogP contribution >= 0.6 is 0 Å². The minimum atomic E-state index is 0.511. The molecule has 1 aromatic heterocycles. The Labute approximate surface area is 172 Å². The largest absolute Gasteiger partial charge is 0.364 e. The Morgan fingerprint density at radius 1 is 1.18 bits per heavy atom. The summed E-state index contributed by atoms with van der Waals surface area (Å²) >= 11 is 0. The van der Waals surface area contributed by atoms with Crippen molar-refractivity contribution in [3.05, 3.63) is 71.7 Å². The van der Waals surface area contributed by atoms with E-state index < -0.39 is 0 Å². The summed E-state index contributed by atoms with van der Waals surface area (Å²) in [6.45, 7) is 12.9. The Bertz CT molecular complexity index is 753. The van der Waals surface area contributed by atoms with Gasteiger partial charge in [-0.3, -0.25) is 4.99 Å². The van der Waals surface area contributed by atoms with Gasteiger partial charge in [0.1, 0.15) is 0 Å². The topological polar surface area (TPSA) is 28.1 Å². The number of nitrogens with zero attached hydrogens (tertiary/aromatic N) is 1. The molecule has 0 bridgehead atoms.